The molecule has 0 saturated heterocycles. The zero-order valence-electron chi connectivity index (χ0n) is 13.2. The van der Waals surface area contributed by atoms with Gasteiger partial charge in [0.1, 0.15) is 0 Å². The molecule has 0 amide bonds. The summed E-state index contributed by atoms with van der Waals surface area (Å²) < 4.78 is 0. The molecule has 0 aliphatic heterocycles. The van der Waals surface area contributed by atoms with E-state index in [2.05, 4.69) is 15.3 Å². The molecule has 4 saturated carbocycles. The van der Waals surface area contributed by atoms with Crippen molar-refractivity contribution < 1.29 is 0 Å². The van der Waals surface area contributed by atoms with Gasteiger partial charge in [-0.3, -0.25) is 9.98 Å². The number of guanidine groups is 1. The van der Waals surface area contributed by atoms with Crippen molar-refractivity contribution in [3.8, 4) is 0 Å². The molecule has 4 bridgehead atoms. The van der Waals surface area contributed by atoms with E-state index < -0.39 is 0 Å². The van der Waals surface area contributed by atoms with E-state index in [0.29, 0.717) is 12.5 Å². The minimum Gasteiger partial charge on any atom is -0.370 e. The van der Waals surface area contributed by atoms with Gasteiger partial charge in [0.25, 0.3) is 0 Å². The van der Waals surface area contributed by atoms with Crippen LogP contribution in [0.1, 0.15) is 44.2 Å². The SMILES string of the molecule is NC(=NCCc1ccccn1)NC12CC3CC(CC(C3)C1)C2. The molecule has 1 aromatic heterocycles. The number of hydrogen-bond acceptors (Lipinski definition) is 2. The number of pyridine rings is 1. The molecule has 0 aromatic carbocycles. The number of nitrogens with two attached hydrogens (primary N) is 1. The Morgan fingerprint density at radius 1 is 1.18 bits per heavy atom. The van der Waals surface area contributed by atoms with Crippen molar-refractivity contribution in [1.82, 2.24) is 10.3 Å². The molecule has 4 aliphatic carbocycles. The molecule has 118 valence electrons. The average molecular weight is 298 g/mol. The molecule has 5 rings (SSSR count). The van der Waals surface area contributed by atoms with Gasteiger partial charge in [-0.15, -0.1) is 0 Å². The van der Waals surface area contributed by atoms with Crippen LogP contribution in [0, 0.1) is 17.8 Å². The van der Waals surface area contributed by atoms with Gasteiger partial charge < -0.3 is 11.1 Å². The van der Waals surface area contributed by atoms with Crippen LogP contribution < -0.4 is 11.1 Å². The molecule has 22 heavy (non-hydrogen) atoms. The zero-order valence-corrected chi connectivity index (χ0v) is 13.2. The highest BCUT2D eigenvalue weighted by Crippen LogP contribution is 2.55. The summed E-state index contributed by atoms with van der Waals surface area (Å²) in [5.41, 5.74) is 7.51. The third-order valence-electron chi connectivity index (χ3n) is 5.81. The first kappa shape index (κ1) is 14.0. The quantitative estimate of drug-likeness (QED) is 0.663. The van der Waals surface area contributed by atoms with Crippen LogP contribution in [-0.2, 0) is 6.42 Å². The maximum atomic E-state index is 6.18. The number of rotatable bonds is 4. The van der Waals surface area contributed by atoms with Gasteiger partial charge in [-0.05, 0) is 68.4 Å². The van der Waals surface area contributed by atoms with Gasteiger partial charge in [-0.1, -0.05) is 6.07 Å². The monoisotopic (exact) mass is 298 g/mol. The molecular weight excluding hydrogens is 272 g/mol. The highest BCUT2D eigenvalue weighted by molar-refractivity contribution is 5.78. The standard InChI is InChI=1S/C18H26N4/c19-17(21-6-4-16-3-1-2-5-20-16)22-18-10-13-7-14(11-18)9-15(8-13)12-18/h1-3,5,13-15H,4,6-12H2,(H3,19,21,22). The van der Waals surface area contributed by atoms with E-state index in [-0.39, 0.29) is 5.54 Å². The Morgan fingerprint density at radius 2 is 1.86 bits per heavy atom. The zero-order chi connectivity index (χ0) is 15.0. The summed E-state index contributed by atoms with van der Waals surface area (Å²) in [5, 5.41) is 3.62. The Morgan fingerprint density at radius 3 is 2.45 bits per heavy atom. The molecule has 3 N–H and O–H groups in total. The van der Waals surface area contributed by atoms with Gasteiger partial charge in [0, 0.05) is 30.4 Å². The van der Waals surface area contributed by atoms with Crippen LogP contribution in [0.2, 0.25) is 0 Å². The summed E-state index contributed by atoms with van der Waals surface area (Å²) >= 11 is 0. The van der Waals surface area contributed by atoms with Crippen LogP contribution >= 0.6 is 0 Å². The first-order chi connectivity index (χ1) is 10.7. The van der Waals surface area contributed by atoms with Crippen LogP contribution in [0.15, 0.2) is 29.4 Å². The molecule has 4 heteroatoms. The Labute approximate surface area is 132 Å². The van der Waals surface area contributed by atoms with Crippen molar-refractivity contribution in [2.24, 2.45) is 28.5 Å². The van der Waals surface area contributed by atoms with E-state index in [4.69, 9.17) is 5.73 Å². The number of aliphatic imine (C=N–C) groups is 1. The lowest BCUT2D eigenvalue weighted by Gasteiger charge is -2.57. The van der Waals surface area contributed by atoms with Crippen molar-refractivity contribution in [1.29, 1.82) is 0 Å². The smallest absolute Gasteiger partial charge is 0.189 e. The molecule has 0 spiro atoms. The van der Waals surface area contributed by atoms with Gasteiger partial charge in [0.05, 0.1) is 0 Å². The third-order valence-corrected chi connectivity index (χ3v) is 5.81. The van der Waals surface area contributed by atoms with E-state index in [0.717, 1.165) is 29.9 Å². The van der Waals surface area contributed by atoms with Gasteiger partial charge in [-0.2, -0.15) is 0 Å². The Balaban J connectivity index is 1.35. The molecule has 1 heterocycles. The molecule has 1 aromatic rings. The maximum Gasteiger partial charge on any atom is 0.189 e. The number of nitrogens with one attached hydrogen (secondary N) is 1. The Kier molecular flexibility index (Phi) is 3.55. The number of hydrogen-bond donors (Lipinski definition) is 2. The summed E-state index contributed by atoms with van der Waals surface area (Å²) in [6, 6.07) is 6.00. The van der Waals surface area contributed by atoms with E-state index in [1.165, 1.54) is 38.5 Å². The molecule has 0 unspecified atom stereocenters. The predicted octanol–water partition coefficient (Wildman–Crippen LogP) is 2.50. The van der Waals surface area contributed by atoms with Crippen molar-refractivity contribution in [2.75, 3.05) is 6.54 Å². The summed E-state index contributed by atoms with van der Waals surface area (Å²) in [7, 11) is 0. The van der Waals surface area contributed by atoms with Crippen molar-refractivity contribution in [2.45, 2.75) is 50.5 Å². The van der Waals surface area contributed by atoms with Crippen LogP contribution in [0.25, 0.3) is 0 Å². The highest BCUT2D eigenvalue weighted by Gasteiger charge is 2.51. The minimum atomic E-state index is 0.257. The van der Waals surface area contributed by atoms with E-state index in [1.54, 1.807) is 0 Å². The van der Waals surface area contributed by atoms with E-state index in [9.17, 15) is 0 Å². The molecule has 0 radical (unpaired) electrons. The van der Waals surface area contributed by atoms with Crippen LogP contribution in [0.3, 0.4) is 0 Å². The molecule has 4 nitrogen and oxygen atoms in total. The second-order valence-electron chi connectivity index (χ2n) is 7.66. The average Bonchev–Trinajstić information content (AvgIpc) is 2.46. The van der Waals surface area contributed by atoms with Gasteiger partial charge >= 0.3 is 0 Å². The van der Waals surface area contributed by atoms with Crippen molar-refractivity contribution in [3.63, 3.8) is 0 Å². The normalized spacial score (nSPS) is 36.5. The fourth-order valence-corrected chi connectivity index (χ4v) is 5.41. The lowest BCUT2D eigenvalue weighted by Crippen LogP contribution is -2.61. The topological polar surface area (TPSA) is 63.3 Å². The fraction of sp³-hybridized carbons (Fsp3) is 0.667. The summed E-state index contributed by atoms with van der Waals surface area (Å²) in [5.74, 6) is 3.43. The fourth-order valence-electron chi connectivity index (χ4n) is 5.41. The second-order valence-corrected chi connectivity index (χ2v) is 7.66. The maximum absolute atomic E-state index is 6.18. The summed E-state index contributed by atoms with van der Waals surface area (Å²) in [6.45, 7) is 0.711. The van der Waals surface area contributed by atoms with Crippen molar-refractivity contribution in [3.05, 3.63) is 30.1 Å². The van der Waals surface area contributed by atoms with Gasteiger partial charge in [0.15, 0.2) is 5.96 Å². The van der Waals surface area contributed by atoms with Gasteiger partial charge in [0.2, 0.25) is 0 Å². The lowest BCUT2D eigenvalue weighted by atomic mass is 9.53. The number of aromatic nitrogens is 1. The first-order valence-electron chi connectivity index (χ1n) is 8.69. The van der Waals surface area contributed by atoms with Gasteiger partial charge in [-0.25, -0.2) is 0 Å². The lowest BCUT2D eigenvalue weighted by molar-refractivity contribution is -0.0102. The van der Waals surface area contributed by atoms with Crippen LogP contribution in [0.5, 0.6) is 0 Å². The minimum absolute atomic E-state index is 0.257. The summed E-state index contributed by atoms with van der Waals surface area (Å²) in [4.78, 5) is 8.86. The van der Waals surface area contributed by atoms with E-state index >= 15 is 0 Å². The Bertz CT molecular complexity index is 516. The largest absolute Gasteiger partial charge is 0.370 e. The predicted molar refractivity (Wildman–Crippen MR) is 88.5 cm³/mol. The molecule has 0 atom stereocenters. The molecular formula is C18H26N4. The van der Waals surface area contributed by atoms with Crippen LogP contribution in [0.4, 0.5) is 0 Å². The number of nitrogens with zero attached hydrogens (tertiary/aromatic N) is 2. The first-order valence-corrected chi connectivity index (χ1v) is 8.69. The van der Waals surface area contributed by atoms with Crippen molar-refractivity contribution >= 4 is 5.96 Å². The third kappa shape index (κ3) is 2.83. The molecule has 4 aliphatic rings. The van der Waals surface area contributed by atoms with E-state index in [1.807, 2.05) is 24.4 Å². The highest BCUT2D eigenvalue weighted by atomic mass is 15.1. The summed E-state index contributed by atoms with van der Waals surface area (Å²) in [6.07, 6.45) is 11.0. The molecule has 4 fully saturated rings. The van der Waals surface area contributed by atoms with Crippen LogP contribution in [-0.4, -0.2) is 23.0 Å². The second kappa shape index (κ2) is 5.56. The Hall–Kier alpha value is -1.58.